The van der Waals surface area contributed by atoms with Gasteiger partial charge in [-0.1, -0.05) is 22.0 Å². The van der Waals surface area contributed by atoms with Crippen LogP contribution in [0.4, 0.5) is 18.9 Å². The normalized spacial score (nSPS) is 11.4. The standard InChI is InChI=1S/C12H7BrF3NO2S/c13-7-2-1-3-9(4-7)17-20(18,19)12-10(15)5-8(14)6-11(12)16/h1-6,17H. The van der Waals surface area contributed by atoms with Crippen LogP contribution in [0.3, 0.4) is 0 Å². The third-order valence-corrected chi connectivity index (χ3v) is 4.23. The third kappa shape index (κ3) is 3.13. The molecule has 0 fully saturated rings. The number of anilines is 1. The van der Waals surface area contributed by atoms with Crippen molar-refractivity contribution >= 4 is 31.6 Å². The molecule has 0 aromatic heterocycles. The Morgan fingerprint density at radius 1 is 1.00 bits per heavy atom. The van der Waals surface area contributed by atoms with Gasteiger partial charge in [-0.3, -0.25) is 4.72 Å². The summed E-state index contributed by atoms with van der Waals surface area (Å²) >= 11 is 3.13. The summed E-state index contributed by atoms with van der Waals surface area (Å²) in [6.07, 6.45) is 0. The van der Waals surface area contributed by atoms with Crippen molar-refractivity contribution in [2.45, 2.75) is 4.90 Å². The molecule has 0 unspecified atom stereocenters. The van der Waals surface area contributed by atoms with Crippen molar-refractivity contribution in [1.82, 2.24) is 0 Å². The Morgan fingerprint density at radius 3 is 2.15 bits per heavy atom. The van der Waals surface area contributed by atoms with Crippen LogP contribution < -0.4 is 4.72 Å². The van der Waals surface area contributed by atoms with E-state index in [-0.39, 0.29) is 5.69 Å². The van der Waals surface area contributed by atoms with Crippen LogP contribution in [0.2, 0.25) is 0 Å². The molecule has 0 aliphatic heterocycles. The fourth-order valence-corrected chi connectivity index (χ4v) is 3.11. The monoisotopic (exact) mass is 365 g/mol. The van der Waals surface area contributed by atoms with Crippen molar-refractivity contribution in [3.05, 3.63) is 58.3 Å². The van der Waals surface area contributed by atoms with E-state index in [1.807, 2.05) is 4.72 Å². The van der Waals surface area contributed by atoms with Crippen molar-refractivity contribution in [1.29, 1.82) is 0 Å². The molecule has 0 aliphatic rings. The van der Waals surface area contributed by atoms with Crippen molar-refractivity contribution in [3.8, 4) is 0 Å². The van der Waals surface area contributed by atoms with Crippen LogP contribution in [0.1, 0.15) is 0 Å². The van der Waals surface area contributed by atoms with E-state index in [1.165, 1.54) is 12.1 Å². The molecule has 0 heterocycles. The summed E-state index contributed by atoms with van der Waals surface area (Å²) < 4.78 is 66.2. The zero-order valence-corrected chi connectivity index (χ0v) is 12.1. The lowest BCUT2D eigenvalue weighted by Crippen LogP contribution is -2.16. The van der Waals surface area contributed by atoms with Gasteiger partial charge in [-0.25, -0.2) is 21.6 Å². The van der Waals surface area contributed by atoms with Gasteiger partial charge in [0.2, 0.25) is 0 Å². The third-order valence-electron chi connectivity index (χ3n) is 2.31. The van der Waals surface area contributed by atoms with Gasteiger partial charge in [0.15, 0.2) is 4.90 Å². The summed E-state index contributed by atoms with van der Waals surface area (Å²) in [7, 11) is -4.50. The molecule has 20 heavy (non-hydrogen) atoms. The first kappa shape index (κ1) is 14.9. The van der Waals surface area contributed by atoms with Crippen molar-refractivity contribution < 1.29 is 21.6 Å². The largest absolute Gasteiger partial charge is 0.279 e. The number of nitrogens with one attached hydrogen (secondary N) is 1. The molecule has 8 heteroatoms. The number of rotatable bonds is 3. The fraction of sp³-hybridized carbons (Fsp3) is 0. The lowest BCUT2D eigenvalue weighted by Gasteiger charge is -2.10. The topological polar surface area (TPSA) is 46.2 Å². The summed E-state index contributed by atoms with van der Waals surface area (Å²) in [4.78, 5) is -1.22. The van der Waals surface area contributed by atoms with Gasteiger partial charge in [0.1, 0.15) is 17.5 Å². The van der Waals surface area contributed by atoms with Gasteiger partial charge in [0.05, 0.1) is 0 Å². The molecule has 0 aliphatic carbocycles. The fourth-order valence-electron chi connectivity index (χ4n) is 1.54. The number of hydrogen-bond donors (Lipinski definition) is 1. The van der Waals surface area contributed by atoms with Crippen LogP contribution >= 0.6 is 15.9 Å². The van der Waals surface area contributed by atoms with Crippen molar-refractivity contribution in [2.75, 3.05) is 4.72 Å². The molecular weight excluding hydrogens is 359 g/mol. The Hall–Kier alpha value is -1.54. The second kappa shape index (κ2) is 5.45. The van der Waals surface area contributed by atoms with E-state index >= 15 is 0 Å². The van der Waals surface area contributed by atoms with E-state index in [2.05, 4.69) is 15.9 Å². The highest BCUT2D eigenvalue weighted by Gasteiger charge is 2.25. The predicted octanol–water partition coefficient (Wildman–Crippen LogP) is 3.67. The molecule has 0 amide bonds. The van der Waals surface area contributed by atoms with Crippen LogP contribution in [-0.4, -0.2) is 8.42 Å². The lowest BCUT2D eigenvalue weighted by atomic mass is 10.3. The highest BCUT2D eigenvalue weighted by Crippen LogP contribution is 2.24. The molecule has 2 rings (SSSR count). The van der Waals surface area contributed by atoms with Gasteiger partial charge in [0, 0.05) is 22.3 Å². The first-order valence-corrected chi connectivity index (χ1v) is 7.50. The Morgan fingerprint density at radius 2 is 1.60 bits per heavy atom. The Balaban J connectivity index is 2.46. The van der Waals surface area contributed by atoms with Crippen LogP contribution in [0.25, 0.3) is 0 Å². The highest BCUT2D eigenvalue weighted by atomic mass is 79.9. The number of halogens is 4. The number of sulfonamides is 1. The molecule has 1 N–H and O–H groups in total. The summed E-state index contributed by atoms with van der Waals surface area (Å²) in [5.74, 6) is -4.18. The van der Waals surface area contributed by atoms with Crippen LogP contribution in [-0.2, 0) is 10.0 Å². The van der Waals surface area contributed by atoms with Gasteiger partial charge < -0.3 is 0 Å². The maximum Gasteiger partial charge on any atom is 0.267 e. The SMILES string of the molecule is O=S(=O)(Nc1cccc(Br)c1)c1c(F)cc(F)cc1F. The van der Waals surface area contributed by atoms with E-state index in [0.717, 1.165) is 0 Å². The van der Waals surface area contributed by atoms with Crippen molar-refractivity contribution in [2.24, 2.45) is 0 Å². The molecule has 0 bridgehead atoms. The van der Waals surface area contributed by atoms with E-state index < -0.39 is 32.4 Å². The van der Waals surface area contributed by atoms with E-state index in [1.54, 1.807) is 12.1 Å². The summed E-state index contributed by atoms with van der Waals surface area (Å²) in [5.41, 5.74) is 0.113. The minimum Gasteiger partial charge on any atom is -0.279 e. The predicted molar refractivity (Wildman–Crippen MR) is 71.3 cm³/mol. The smallest absolute Gasteiger partial charge is 0.267 e. The molecule has 2 aromatic rings. The number of benzene rings is 2. The van der Waals surface area contributed by atoms with Crippen LogP contribution in [0, 0.1) is 17.5 Å². The molecule has 2 aromatic carbocycles. The van der Waals surface area contributed by atoms with E-state index in [9.17, 15) is 21.6 Å². The molecule has 3 nitrogen and oxygen atoms in total. The Labute approximate surface area is 121 Å². The van der Waals surface area contributed by atoms with E-state index in [0.29, 0.717) is 16.6 Å². The van der Waals surface area contributed by atoms with Gasteiger partial charge in [-0.15, -0.1) is 0 Å². The average molecular weight is 366 g/mol. The molecule has 106 valence electrons. The van der Waals surface area contributed by atoms with Gasteiger partial charge >= 0.3 is 0 Å². The second-order valence-corrected chi connectivity index (χ2v) is 6.35. The zero-order chi connectivity index (χ0) is 14.9. The highest BCUT2D eigenvalue weighted by molar-refractivity contribution is 9.10. The van der Waals surface area contributed by atoms with Crippen LogP contribution in [0.15, 0.2) is 45.8 Å². The lowest BCUT2D eigenvalue weighted by molar-refractivity contribution is 0.498. The van der Waals surface area contributed by atoms with Crippen LogP contribution in [0.5, 0.6) is 0 Å². The Bertz CT molecular complexity index is 742. The van der Waals surface area contributed by atoms with Gasteiger partial charge in [-0.2, -0.15) is 0 Å². The average Bonchev–Trinajstić information content (AvgIpc) is 2.25. The van der Waals surface area contributed by atoms with E-state index in [4.69, 9.17) is 0 Å². The zero-order valence-electron chi connectivity index (χ0n) is 9.70. The Kier molecular flexibility index (Phi) is 4.05. The first-order valence-electron chi connectivity index (χ1n) is 5.22. The summed E-state index contributed by atoms with van der Waals surface area (Å²) in [5, 5.41) is 0. The minimum absolute atomic E-state index is 0.113. The summed E-state index contributed by atoms with van der Waals surface area (Å²) in [6.45, 7) is 0. The molecule has 0 spiro atoms. The summed E-state index contributed by atoms with van der Waals surface area (Å²) in [6, 6.07) is 6.62. The quantitative estimate of drug-likeness (QED) is 0.901. The second-order valence-electron chi connectivity index (χ2n) is 3.81. The molecule has 0 atom stereocenters. The molecule has 0 saturated carbocycles. The number of hydrogen-bond acceptors (Lipinski definition) is 2. The van der Waals surface area contributed by atoms with Gasteiger partial charge in [0.25, 0.3) is 10.0 Å². The maximum absolute atomic E-state index is 13.5. The van der Waals surface area contributed by atoms with Crippen molar-refractivity contribution in [3.63, 3.8) is 0 Å². The minimum atomic E-state index is -4.50. The first-order chi connectivity index (χ1) is 9.29. The maximum atomic E-state index is 13.5. The molecule has 0 saturated heterocycles. The molecule has 0 radical (unpaired) electrons. The van der Waals surface area contributed by atoms with Gasteiger partial charge in [-0.05, 0) is 18.2 Å². The molecular formula is C12H7BrF3NO2S.